The van der Waals surface area contributed by atoms with Crippen molar-refractivity contribution < 1.29 is 13.2 Å². The zero-order chi connectivity index (χ0) is 14.0. The van der Waals surface area contributed by atoms with Gasteiger partial charge < -0.3 is 5.73 Å². The number of rotatable bonds is 5. The summed E-state index contributed by atoms with van der Waals surface area (Å²) in [7, 11) is 0. The van der Waals surface area contributed by atoms with Gasteiger partial charge >= 0.3 is 6.18 Å². The van der Waals surface area contributed by atoms with Gasteiger partial charge in [-0.3, -0.25) is 4.90 Å². The molecule has 0 aromatic heterocycles. The first-order valence-electron chi connectivity index (χ1n) is 6.05. The van der Waals surface area contributed by atoms with E-state index in [4.69, 9.17) is 18.0 Å². The number of thiocarbonyl (C=S) groups is 1. The van der Waals surface area contributed by atoms with E-state index in [1.165, 1.54) is 4.90 Å². The van der Waals surface area contributed by atoms with Gasteiger partial charge in [-0.05, 0) is 18.4 Å². The molecule has 0 bridgehead atoms. The van der Waals surface area contributed by atoms with Gasteiger partial charge in [0.2, 0.25) is 0 Å². The summed E-state index contributed by atoms with van der Waals surface area (Å²) in [6.45, 7) is -0.652. The highest BCUT2D eigenvalue weighted by Gasteiger charge is 2.38. The average Bonchev–Trinajstić information content (AvgIpc) is 3.10. The Balaban J connectivity index is 2.15. The van der Waals surface area contributed by atoms with E-state index < -0.39 is 12.7 Å². The Bertz CT molecular complexity index is 469. The average molecular weight is 288 g/mol. The summed E-state index contributed by atoms with van der Waals surface area (Å²) >= 11 is 4.93. The van der Waals surface area contributed by atoms with Crippen LogP contribution in [0.2, 0.25) is 0 Å². The fourth-order valence-corrected chi connectivity index (χ4v) is 2.30. The molecule has 1 fully saturated rings. The monoisotopic (exact) mass is 288 g/mol. The standard InChI is InChI=1S/C13H15F3N2S/c14-13(15,16)8-18(10-5-6-10)7-9-3-1-2-4-11(9)12(17)19/h1-4,10H,5-8H2,(H2,17,19). The van der Waals surface area contributed by atoms with E-state index in [1.54, 1.807) is 24.3 Å². The SMILES string of the molecule is NC(=S)c1ccccc1CN(CC(F)(F)F)C1CC1. The summed E-state index contributed by atoms with van der Waals surface area (Å²) in [6, 6.07) is 7.12. The third-order valence-corrected chi connectivity index (χ3v) is 3.32. The number of alkyl halides is 3. The summed E-state index contributed by atoms with van der Waals surface area (Å²) in [6.07, 6.45) is -2.53. The lowest BCUT2D eigenvalue weighted by Gasteiger charge is -2.24. The molecule has 2 rings (SSSR count). The van der Waals surface area contributed by atoms with Crippen molar-refractivity contribution in [1.82, 2.24) is 4.90 Å². The molecule has 0 atom stereocenters. The lowest BCUT2D eigenvalue weighted by atomic mass is 10.1. The summed E-state index contributed by atoms with van der Waals surface area (Å²) in [5.74, 6) is 0. The van der Waals surface area contributed by atoms with Gasteiger partial charge in [-0.2, -0.15) is 13.2 Å². The highest BCUT2D eigenvalue weighted by atomic mass is 32.1. The molecule has 0 radical (unpaired) electrons. The van der Waals surface area contributed by atoms with E-state index in [1.807, 2.05) is 0 Å². The van der Waals surface area contributed by atoms with Crippen LogP contribution in [-0.4, -0.2) is 28.7 Å². The van der Waals surface area contributed by atoms with Crippen LogP contribution in [0.5, 0.6) is 0 Å². The van der Waals surface area contributed by atoms with Gasteiger partial charge in [0.05, 0.1) is 6.54 Å². The van der Waals surface area contributed by atoms with Crippen molar-refractivity contribution in [2.24, 2.45) is 5.73 Å². The topological polar surface area (TPSA) is 29.3 Å². The Morgan fingerprint density at radius 3 is 2.47 bits per heavy atom. The maximum Gasteiger partial charge on any atom is 0.401 e. The zero-order valence-electron chi connectivity index (χ0n) is 10.3. The van der Waals surface area contributed by atoms with E-state index in [9.17, 15) is 13.2 Å². The summed E-state index contributed by atoms with van der Waals surface area (Å²) in [4.78, 5) is 1.68. The molecule has 0 heterocycles. The van der Waals surface area contributed by atoms with Crippen LogP contribution in [0, 0.1) is 0 Å². The van der Waals surface area contributed by atoms with Crippen molar-refractivity contribution in [3.05, 3.63) is 35.4 Å². The number of nitrogens with two attached hydrogens (primary N) is 1. The molecule has 0 unspecified atom stereocenters. The molecular formula is C13H15F3N2S. The van der Waals surface area contributed by atoms with Crippen molar-refractivity contribution in [2.45, 2.75) is 31.6 Å². The van der Waals surface area contributed by atoms with Crippen LogP contribution in [-0.2, 0) is 6.54 Å². The smallest absolute Gasteiger partial charge is 0.389 e. The second-order valence-electron chi connectivity index (χ2n) is 4.77. The number of halogens is 3. The van der Waals surface area contributed by atoms with Gasteiger partial charge in [0.1, 0.15) is 4.99 Å². The Kier molecular flexibility index (Phi) is 4.10. The van der Waals surface area contributed by atoms with Crippen LogP contribution in [0.1, 0.15) is 24.0 Å². The highest BCUT2D eigenvalue weighted by Crippen LogP contribution is 2.31. The van der Waals surface area contributed by atoms with Crippen molar-refractivity contribution in [3.63, 3.8) is 0 Å². The third-order valence-electron chi connectivity index (χ3n) is 3.10. The summed E-state index contributed by atoms with van der Waals surface area (Å²) in [5.41, 5.74) is 7.01. The number of hydrogen-bond acceptors (Lipinski definition) is 2. The molecule has 2 nitrogen and oxygen atoms in total. The molecule has 1 saturated carbocycles. The highest BCUT2D eigenvalue weighted by molar-refractivity contribution is 7.80. The van der Waals surface area contributed by atoms with E-state index in [2.05, 4.69) is 0 Å². The predicted molar refractivity (Wildman–Crippen MR) is 71.8 cm³/mol. The first-order valence-corrected chi connectivity index (χ1v) is 6.46. The van der Waals surface area contributed by atoms with E-state index >= 15 is 0 Å². The van der Waals surface area contributed by atoms with Gasteiger partial charge in [0.15, 0.2) is 0 Å². The van der Waals surface area contributed by atoms with Crippen molar-refractivity contribution >= 4 is 17.2 Å². The minimum atomic E-state index is -4.18. The quantitative estimate of drug-likeness (QED) is 0.845. The van der Waals surface area contributed by atoms with Gasteiger partial charge in [0, 0.05) is 18.2 Å². The van der Waals surface area contributed by atoms with Crippen molar-refractivity contribution in [3.8, 4) is 0 Å². The van der Waals surface area contributed by atoms with Crippen LogP contribution < -0.4 is 5.73 Å². The lowest BCUT2D eigenvalue weighted by Crippen LogP contribution is -2.36. The molecule has 1 aromatic rings. The molecule has 1 aliphatic carbocycles. The largest absolute Gasteiger partial charge is 0.401 e. The zero-order valence-corrected chi connectivity index (χ0v) is 11.1. The fraction of sp³-hybridized carbons (Fsp3) is 0.462. The Hall–Kier alpha value is -1.14. The Morgan fingerprint density at radius 1 is 1.32 bits per heavy atom. The lowest BCUT2D eigenvalue weighted by molar-refractivity contribution is -0.148. The first-order chi connectivity index (χ1) is 8.87. The van der Waals surface area contributed by atoms with Crippen LogP contribution in [0.3, 0.4) is 0 Å². The molecule has 0 amide bonds. The molecule has 2 N–H and O–H groups in total. The summed E-state index contributed by atoms with van der Waals surface area (Å²) in [5, 5.41) is 0. The Labute approximate surface area is 115 Å². The number of nitrogens with zero attached hydrogens (tertiary/aromatic N) is 1. The fourth-order valence-electron chi connectivity index (χ4n) is 2.10. The molecule has 6 heteroatoms. The predicted octanol–water partition coefficient (Wildman–Crippen LogP) is 2.85. The molecule has 1 aromatic carbocycles. The van der Waals surface area contributed by atoms with Crippen LogP contribution in [0.15, 0.2) is 24.3 Å². The van der Waals surface area contributed by atoms with Gasteiger partial charge in [-0.1, -0.05) is 36.5 Å². The minimum absolute atomic E-state index is 0.0287. The molecule has 0 spiro atoms. The van der Waals surface area contributed by atoms with Crippen LogP contribution >= 0.6 is 12.2 Å². The minimum Gasteiger partial charge on any atom is -0.389 e. The van der Waals surface area contributed by atoms with Gasteiger partial charge in [-0.25, -0.2) is 0 Å². The normalized spacial score (nSPS) is 15.8. The molecule has 1 aliphatic rings. The van der Waals surface area contributed by atoms with Crippen molar-refractivity contribution in [1.29, 1.82) is 0 Å². The van der Waals surface area contributed by atoms with Crippen LogP contribution in [0.25, 0.3) is 0 Å². The number of hydrogen-bond donors (Lipinski definition) is 1. The third kappa shape index (κ3) is 4.18. The van der Waals surface area contributed by atoms with E-state index in [-0.39, 0.29) is 17.6 Å². The second kappa shape index (κ2) is 5.46. The Morgan fingerprint density at radius 2 is 1.95 bits per heavy atom. The molecule has 19 heavy (non-hydrogen) atoms. The molecule has 0 saturated heterocycles. The van der Waals surface area contributed by atoms with Crippen molar-refractivity contribution in [2.75, 3.05) is 6.54 Å². The maximum absolute atomic E-state index is 12.6. The van der Waals surface area contributed by atoms with Crippen LogP contribution in [0.4, 0.5) is 13.2 Å². The summed E-state index contributed by atoms with van der Waals surface area (Å²) < 4.78 is 37.7. The molecule has 0 aliphatic heterocycles. The number of benzene rings is 1. The molecular weight excluding hydrogens is 273 g/mol. The van der Waals surface area contributed by atoms with Gasteiger partial charge in [0.25, 0.3) is 0 Å². The first kappa shape index (κ1) is 14.3. The van der Waals surface area contributed by atoms with E-state index in [0.29, 0.717) is 5.56 Å². The second-order valence-corrected chi connectivity index (χ2v) is 5.21. The van der Waals surface area contributed by atoms with E-state index in [0.717, 1.165) is 18.4 Å². The maximum atomic E-state index is 12.6. The molecule has 104 valence electrons. The van der Waals surface area contributed by atoms with Gasteiger partial charge in [-0.15, -0.1) is 0 Å².